The standard InChI is InChI=1S/C15H14N2S/c1-2-10-5-4-8-13-14(10)17-15(18-13)11-6-3-7-12(16)9-11/h3-9H,2,16H2,1H3. The van der Waals surface area contributed by atoms with Crippen molar-refractivity contribution in [3.05, 3.63) is 48.0 Å². The summed E-state index contributed by atoms with van der Waals surface area (Å²) in [4.78, 5) is 4.76. The fraction of sp³-hybridized carbons (Fsp3) is 0.133. The second-order valence-corrected chi connectivity index (χ2v) is 5.29. The van der Waals surface area contributed by atoms with E-state index in [0.29, 0.717) is 0 Å². The Hall–Kier alpha value is -1.87. The molecule has 90 valence electrons. The van der Waals surface area contributed by atoms with Gasteiger partial charge in [0.25, 0.3) is 0 Å². The van der Waals surface area contributed by atoms with Crippen LogP contribution in [0.1, 0.15) is 12.5 Å². The molecular formula is C15H14N2S. The Morgan fingerprint density at radius 1 is 1.17 bits per heavy atom. The third-order valence-corrected chi connectivity index (χ3v) is 4.09. The molecule has 1 heterocycles. The van der Waals surface area contributed by atoms with Gasteiger partial charge in [-0.1, -0.05) is 31.2 Å². The number of hydrogen-bond donors (Lipinski definition) is 1. The molecular weight excluding hydrogens is 240 g/mol. The first-order chi connectivity index (χ1) is 8.78. The molecule has 0 fully saturated rings. The van der Waals surface area contributed by atoms with Crippen molar-refractivity contribution in [2.45, 2.75) is 13.3 Å². The molecule has 0 aliphatic carbocycles. The van der Waals surface area contributed by atoms with Crippen LogP contribution in [0.4, 0.5) is 5.69 Å². The quantitative estimate of drug-likeness (QED) is 0.699. The number of rotatable bonds is 2. The molecule has 0 radical (unpaired) electrons. The van der Waals surface area contributed by atoms with Crippen LogP contribution < -0.4 is 5.73 Å². The minimum absolute atomic E-state index is 0.780. The maximum atomic E-state index is 5.82. The summed E-state index contributed by atoms with van der Waals surface area (Å²) in [5.41, 5.74) is 10.1. The van der Waals surface area contributed by atoms with Crippen molar-refractivity contribution in [1.82, 2.24) is 4.98 Å². The van der Waals surface area contributed by atoms with Gasteiger partial charge in [0, 0.05) is 11.3 Å². The van der Waals surface area contributed by atoms with Gasteiger partial charge in [0.2, 0.25) is 0 Å². The molecule has 0 saturated carbocycles. The van der Waals surface area contributed by atoms with Crippen LogP contribution in [0.15, 0.2) is 42.5 Å². The van der Waals surface area contributed by atoms with Gasteiger partial charge in [-0.2, -0.15) is 0 Å². The van der Waals surface area contributed by atoms with Crippen LogP contribution in [0.3, 0.4) is 0 Å². The highest BCUT2D eigenvalue weighted by Crippen LogP contribution is 2.32. The van der Waals surface area contributed by atoms with E-state index in [4.69, 9.17) is 10.7 Å². The van der Waals surface area contributed by atoms with E-state index in [9.17, 15) is 0 Å². The zero-order valence-electron chi connectivity index (χ0n) is 10.2. The number of nitrogens with two attached hydrogens (primary N) is 1. The minimum Gasteiger partial charge on any atom is -0.399 e. The first-order valence-electron chi connectivity index (χ1n) is 6.02. The van der Waals surface area contributed by atoms with Gasteiger partial charge in [0.15, 0.2) is 0 Å². The zero-order chi connectivity index (χ0) is 12.5. The van der Waals surface area contributed by atoms with Crippen molar-refractivity contribution in [2.75, 3.05) is 5.73 Å². The van der Waals surface area contributed by atoms with Crippen molar-refractivity contribution >= 4 is 27.2 Å². The fourth-order valence-electron chi connectivity index (χ4n) is 2.09. The van der Waals surface area contributed by atoms with Crippen LogP contribution in [0.2, 0.25) is 0 Å². The second-order valence-electron chi connectivity index (χ2n) is 4.26. The average Bonchev–Trinajstić information content (AvgIpc) is 2.82. The largest absolute Gasteiger partial charge is 0.399 e. The molecule has 0 unspecified atom stereocenters. The Balaban J connectivity index is 2.19. The Morgan fingerprint density at radius 3 is 2.78 bits per heavy atom. The lowest BCUT2D eigenvalue weighted by Gasteiger charge is -1.97. The smallest absolute Gasteiger partial charge is 0.124 e. The summed E-state index contributed by atoms with van der Waals surface area (Å²) in [5, 5.41) is 1.04. The highest BCUT2D eigenvalue weighted by Gasteiger charge is 2.08. The van der Waals surface area contributed by atoms with Gasteiger partial charge in [-0.05, 0) is 30.2 Å². The molecule has 3 heteroatoms. The number of nitrogen functional groups attached to an aromatic ring is 1. The van der Waals surface area contributed by atoms with Crippen LogP contribution in [0.25, 0.3) is 20.8 Å². The molecule has 1 aromatic heterocycles. The van der Waals surface area contributed by atoms with E-state index in [1.54, 1.807) is 11.3 Å². The molecule has 2 N–H and O–H groups in total. The number of aryl methyl sites for hydroxylation is 1. The zero-order valence-corrected chi connectivity index (χ0v) is 11.0. The molecule has 0 bridgehead atoms. The monoisotopic (exact) mass is 254 g/mol. The number of fused-ring (bicyclic) bond motifs is 1. The highest BCUT2D eigenvalue weighted by molar-refractivity contribution is 7.21. The molecule has 0 aliphatic rings. The molecule has 0 aliphatic heterocycles. The van der Waals surface area contributed by atoms with E-state index in [-0.39, 0.29) is 0 Å². The van der Waals surface area contributed by atoms with Crippen molar-refractivity contribution in [2.24, 2.45) is 0 Å². The van der Waals surface area contributed by atoms with Crippen LogP contribution >= 0.6 is 11.3 Å². The average molecular weight is 254 g/mol. The number of thiazole rings is 1. The van der Waals surface area contributed by atoms with E-state index in [2.05, 4.69) is 31.2 Å². The number of hydrogen-bond acceptors (Lipinski definition) is 3. The Kier molecular flexibility index (Phi) is 2.76. The maximum Gasteiger partial charge on any atom is 0.124 e. The minimum atomic E-state index is 0.780. The highest BCUT2D eigenvalue weighted by atomic mass is 32.1. The van der Waals surface area contributed by atoms with Gasteiger partial charge in [-0.15, -0.1) is 11.3 Å². The van der Waals surface area contributed by atoms with Gasteiger partial charge in [0.1, 0.15) is 5.01 Å². The summed E-state index contributed by atoms with van der Waals surface area (Å²) in [6.45, 7) is 2.16. The Morgan fingerprint density at radius 2 is 2.00 bits per heavy atom. The second kappa shape index (κ2) is 4.42. The lowest BCUT2D eigenvalue weighted by Crippen LogP contribution is -1.85. The van der Waals surface area contributed by atoms with Crippen molar-refractivity contribution < 1.29 is 0 Å². The third kappa shape index (κ3) is 1.87. The molecule has 3 aromatic rings. The van der Waals surface area contributed by atoms with E-state index in [1.807, 2.05) is 18.2 Å². The SMILES string of the molecule is CCc1cccc2sc(-c3cccc(N)c3)nc12. The molecule has 2 nitrogen and oxygen atoms in total. The molecule has 3 rings (SSSR count). The van der Waals surface area contributed by atoms with Gasteiger partial charge in [-0.3, -0.25) is 0 Å². The lowest BCUT2D eigenvalue weighted by molar-refractivity contribution is 1.15. The van der Waals surface area contributed by atoms with E-state index in [1.165, 1.54) is 10.3 Å². The normalized spacial score (nSPS) is 10.9. The van der Waals surface area contributed by atoms with Gasteiger partial charge in [-0.25, -0.2) is 4.98 Å². The van der Waals surface area contributed by atoms with E-state index in [0.717, 1.165) is 28.2 Å². The van der Waals surface area contributed by atoms with Crippen molar-refractivity contribution in [1.29, 1.82) is 0 Å². The summed E-state index contributed by atoms with van der Waals surface area (Å²) in [6, 6.07) is 14.3. The fourth-order valence-corrected chi connectivity index (χ4v) is 3.10. The van der Waals surface area contributed by atoms with E-state index >= 15 is 0 Å². The van der Waals surface area contributed by atoms with Crippen molar-refractivity contribution in [3.8, 4) is 10.6 Å². The molecule has 0 saturated heterocycles. The number of aromatic nitrogens is 1. The van der Waals surface area contributed by atoms with Crippen LogP contribution in [0, 0.1) is 0 Å². The number of anilines is 1. The van der Waals surface area contributed by atoms with Crippen LogP contribution in [-0.2, 0) is 6.42 Å². The summed E-state index contributed by atoms with van der Waals surface area (Å²) >= 11 is 1.72. The van der Waals surface area contributed by atoms with Crippen LogP contribution in [-0.4, -0.2) is 4.98 Å². The predicted molar refractivity (Wildman–Crippen MR) is 78.8 cm³/mol. The Bertz CT molecular complexity index is 701. The predicted octanol–water partition coefficient (Wildman–Crippen LogP) is 4.11. The summed E-state index contributed by atoms with van der Waals surface area (Å²) in [7, 11) is 0. The molecule has 0 atom stereocenters. The maximum absolute atomic E-state index is 5.82. The first kappa shape index (κ1) is 11.2. The van der Waals surface area contributed by atoms with E-state index < -0.39 is 0 Å². The number of para-hydroxylation sites is 1. The molecule has 0 spiro atoms. The molecule has 0 amide bonds. The Labute approximate surface area is 110 Å². The summed E-state index contributed by atoms with van der Waals surface area (Å²) in [5.74, 6) is 0. The van der Waals surface area contributed by atoms with Gasteiger partial charge < -0.3 is 5.73 Å². The molecule has 2 aromatic carbocycles. The third-order valence-electron chi connectivity index (χ3n) is 3.02. The van der Waals surface area contributed by atoms with Crippen molar-refractivity contribution in [3.63, 3.8) is 0 Å². The topological polar surface area (TPSA) is 38.9 Å². The summed E-state index contributed by atoms with van der Waals surface area (Å²) < 4.78 is 1.24. The summed E-state index contributed by atoms with van der Waals surface area (Å²) in [6.07, 6.45) is 1.01. The number of nitrogens with zero attached hydrogens (tertiary/aromatic N) is 1. The first-order valence-corrected chi connectivity index (χ1v) is 6.84. The lowest BCUT2D eigenvalue weighted by atomic mass is 10.1. The van der Waals surface area contributed by atoms with Gasteiger partial charge >= 0.3 is 0 Å². The van der Waals surface area contributed by atoms with Crippen LogP contribution in [0.5, 0.6) is 0 Å². The van der Waals surface area contributed by atoms with Gasteiger partial charge in [0.05, 0.1) is 10.2 Å². The molecule has 18 heavy (non-hydrogen) atoms. The number of benzene rings is 2.